The van der Waals surface area contributed by atoms with Crippen molar-refractivity contribution in [3.63, 3.8) is 0 Å². The van der Waals surface area contributed by atoms with E-state index in [9.17, 15) is 4.79 Å². The van der Waals surface area contributed by atoms with E-state index in [1.165, 1.54) is 0 Å². The third kappa shape index (κ3) is 4.17. The smallest absolute Gasteiger partial charge is 0.322 e. The van der Waals surface area contributed by atoms with Gasteiger partial charge in [-0.2, -0.15) is 0 Å². The fourth-order valence-corrected chi connectivity index (χ4v) is 3.61. The van der Waals surface area contributed by atoms with Gasteiger partial charge in [0.2, 0.25) is 0 Å². The number of ether oxygens (including phenoxy) is 1. The van der Waals surface area contributed by atoms with Crippen molar-refractivity contribution >= 4 is 40.6 Å². The van der Waals surface area contributed by atoms with Gasteiger partial charge in [0, 0.05) is 26.2 Å². The topological polar surface area (TPSA) is 44.8 Å². The Labute approximate surface area is 163 Å². The van der Waals surface area contributed by atoms with Crippen LogP contribution in [-0.2, 0) is 0 Å². The van der Waals surface area contributed by atoms with Crippen LogP contribution in [0.25, 0.3) is 0 Å². The molecule has 2 aromatic carbocycles. The van der Waals surface area contributed by atoms with E-state index in [2.05, 4.69) is 10.2 Å². The second-order valence-corrected chi connectivity index (χ2v) is 6.72. The van der Waals surface area contributed by atoms with Crippen molar-refractivity contribution in [3.8, 4) is 5.75 Å². The van der Waals surface area contributed by atoms with Crippen LogP contribution in [0.4, 0.5) is 16.2 Å². The molecule has 0 radical (unpaired) electrons. The zero-order chi connectivity index (χ0) is 18.5. The minimum atomic E-state index is -0.137. The van der Waals surface area contributed by atoms with Gasteiger partial charge in [0.25, 0.3) is 0 Å². The maximum Gasteiger partial charge on any atom is 0.322 e. The summed E-state index contributed by atoms with van der Waals surface area (Å²) in [4.78, 5) is 16.5. The van der Waals surface area contributed by atoms with Gasteiger partial charge in [-0.1, -0.05) is 41.4 Å². The highest BCUT2D eigenvalue weighted by Crippen LogP contribution is 2.34. The van der Waals surface area contributed by atoms with Gasteiger partial charge in [-0.25, -0.2) is 4.79 Å². The standard InChI is InChI=1S/C19H21Cl2N3O2/c1-2-26-17-9-4-3-8-16(17)22-19(25)24-12-10-23(11-13-24)18-14(20)6-5-7-15(18)21/h3-9H,2,10-13H2,1H3,(H,22,25). The molecule has 5 nitrogen and oxygen atoms in total. The molecular weight excluding hydrogens is 373 g/mol. The lowest BCUT2D eigenvalue weighted by Gasteiger charge is -2.36. The average Bonchev–Trinajstić information content (AvgIpc) is 2.64. The second-order valence-electron chi connectivity index (χ2n) is 5.90. The quantitative estimate of drug-likeness (QED) is 0.814. The molecule has 3 rings (SSSR count). The number of para-hydroxylation sites is 3. The van der Waals surface area contributed by atoms with E-state index in [-0.39, 0.29) is 6.03 Å². The third-order valence-corrected chi connectivity index (χ3v) is 4.86. The normalized spacial score (nSPS) is 14.3. The number of piperazine rings is 1. The first-order valence-electron chi connectivity index (χ1n) is 8.57. The monoisotopic (exact) mass is 393 g/mol. The van der Waals surface area contributed by atoms with Crippen molar-refractivity contribution in [3.05, 3.63) is 52.5 Å². The summed E-state index contributed by atoms with van der Waals surface area (Å²) in [5, 5.41) is 4.19. The van der Waals surface area contributed by atoms with Gasteiger partial charge in [0.05, 0.1) is 28.0 Å². The number of hydrogen-bond acceptors (Lipinski definition) is 3. The summed E-state index contributed by atoms with van der Waals surface area (Å²) in [7, 11) is 0. The van der Waals surface area contributed by atoms with Gasteiger partial charge in [-0.15, -0.1) is 0 Å². The number of nitrogens with one attached hydrogen (secondary N) is 1. The van der Waals surface area contributed by atoms with Crippen LogP contribution in [0.5, 0.6) is 5.75 Å². The Morgan fingerprint density at radius 1 is 1.04 bits per heavy atom. The summed E-state index contributed by atoms with van der Waals surface area (Å²) >= 11 is 12.6. The van der Waals surface area contributed by atoms with Gasteiger partial charge in [0.1, 0.15) is 5.75 Å². The maximum absolute atomic E-state index is 12.6. The molecule has 2 aromatic rings. The Morgan fingerprint density at radius 3 is 2.35 bits per heavy atom. The second kappa shape index (κ2) is 8.52. The first-order chi connectivity index (χ1) is 12.6. The molecule has 1 heterocycles. The first-order valence-corrected chi connectivity index (χ1v) is 9.32. The van der Waals surface area contributed by atoms with Crippen LogP contribution in [0, 0.1) is 0 Å². The van der Waals surface area contributed by atoms with Gasteiger partial charge < -0.3 is 19.9 Å². The van der Waals surface area contributed by atoms with E-state index in [0.717, 1.165) is 5.69 Å². The summed E-state index contributed by atoms with van der Waals surface area (Å²) in [6.07, 6.45) is 0. The molecule has 138 valence electrons. The largest absolute Gasteiger partial charge is 0.492 e. The number of carbonyl (C=O) groups is 1. The number of halogens is 2. The number of rotatable bonds is 4. The van der Waals surface area contributed by atoms with E-state index in [1.54, 1.807) is 4.90 Å². The van der Waals surface area contributed by atoms with E-state index < -0.39 is 0 Å². The minimum absolute atomic E-state index is 0.137. The molecule has 0 unspecified atom stereocenters. The first kappa shape index (κ1) is 18.7. The molecule has 0 aliphatic carbocycles. The van der Waals surface area contributed by atoms with Gasteiger partial charge >= 0.3 is 6.03 Å². The molecule has 1 aliphatic heterocycles. The van der Waals surface area contributed by atoms with Crippen LogP contribution in [0.1, 0.15) is 6.92 Å². The number of urea groups is 1. The van der Waals surface area contributed by atoms with Crippen molar-refractivity contribution in [2.75, 3.05) is 43.0 Å². The molecule has 1 saturated heterocycles. The molecule has 7 heteroatoms. The van der Waals surface area contributed by atoms with Crippen molar-refractivity contribution in [2.24, 2.45) is 0 Å². The van der Waals surface area contributed by atoms with E-state index >= 15 is 0 Å². The lowest BCUT2D eigenvalue weighted by molar-refractivity contribution is 0.208. The predicted octanol–water partition coefficient (Wildman–Crippen LogP) is 4.75. The minimum Gasteiger partial charge on any atom is -0.492 e. The van der Waals surface area contributed by atoms with Crippen LogP contribution in [0.15, 0.2) is 42.5 Å². The zero-order valence-corrected chi connectivity index (χ0v) is 16.1. The predicted molar refractivity (Wildman–Crippen MR) is 107 cm³/mol. The van der Waals surface area contributed by atoms with Gasteiger partial charge in [0.15, 0.2) is 0 Å². The Morgan fingerprint density at radius 2 is 1.69 bits per heavy atom. The fourth-order valence-electron chi connectivity index (χ4n) is 2.97. The SMILES string of the molecule is CCOc1ccccc1NC(=O)N1CCN(c2c(Cl)cccc2Cl)CC1. The van der Waals surface area contributed by atoms with Crippen LogP contribution < -0.4 is 15.0 Å². The summed E-state index contributed by atoms with van der Waals surface area (Å²) in [5.74, 6) is 0.671. The highest BCUT2D eigenvalue weighted by molar-refractivity contribution is 6.39. The summed E-state index contributed by atoms with van der Waals surface area (Å²) in [6.45, 7) is 4.98. The van der Waals surface area contributed by atoms with Crippen molar-refractivity contribution in [1.29, 1.82) is 0 Å². The molecule has 1 fully saturated rings. The average molecular weight is 394 g/mol. The third-order valence-electron chi connectivity index (χ3n) is 4.25. The van der Waals surface area contributed by atoms with Gasteiger partial charge in [-0.05, 0) is 31.2 Å². The van der Waals surface area contributed by atoms with Crippen molar-refractivity contribution in [2.45, 2.75) is 6.92 Å². The highest BCUT2D eigenvalue weighted by atomic mass is 35.5. The summed E-state index contributed by atoms with van der Waals surface area (Å²) in [5.41, 5.74) is 1.51. The van der Waals surface area contributed by atoms with Crippen LogP contribution in [0.3, 0.4) is 0 Å². The number of carbonyl (C=O) groups excluding carboxylic acids is 1. The van der Waals surface area contributed by atoms with Gasteiger partial charge in [-0.3, -0.25) is 0 Å². The van der Waals surface area contributed by atoms with E-state index in [1.807, 2.05) is 49.4 Å². The summed E-state index contributed by atoms with van der Waals surface area (Å²) < 4.78 is 5.56. The highest BCUT2D eigenvalue weighted by Gasteiger charge is 2.24. The molecule has 1 N–H and O–H groups in total. The number of nitrogens with zero attached hydrogens (tertiary/aromatic N) is 2. The Balaban J connectivity index is 1.62. The Bertz CT molecular complexity index is 757. The number of anilines is 2. The van der Waals surface area contributed by atoms with Crippen LogP contribution in [0.2, 0.25) is 10.0 Å². The number of benzene rings is 2. The number of hydrogen-bond donors (Lipinski definition) is 1. The van der Waals surface area contributed by atoms with Crippen molar-refractivity contribution in [1.82, 2.24) is 4.90 Å². The summed E-state index contributed by atoms with van der Waals surface area (Å²) in [6, 6.07) is 12.8. The molecule has 0 atom stereocenters. The van der Waals surface area contributed by atoms with Crippen LogP contribution >= 0.6 is 23.2 Å². The molecule has 0 saturated carbocycles. The lowest BCUT2D eigenvalue weighted by atomic mass is 10.2. The van der Waals surface area contributed by atoms with Crippen LogP contribution in [-0.4, -0.2) is 43.7 Å². The zero-order valence-electron chi connectivity index (χ0n) is 14.5. The molecule has 1 aliphatic rings. The van der Waals surface area contributed by atoms with Crippen molar-refractivity contribution < 1.29 is 9.53 Å². The molecule has 2 amide bonds. The Kier molecular flexibility index (Phi) is 6.12. The molecular formula is C19H21Cl2N3O2. The number of amides is 2. The Hall–Kier alpha value is -2.11. The van der Waals surface area contributed by atoms with E-state index in [4.69, 9.17) is 27.9 Å². The molecule has 0 aromatic heterocycles. The molecule has 0 bridgehead atoms. The van der Waals surface area contributed by atoms with E-state index in [0.29, 0.717) is 54.3 Å². The fraction of sp³-hybridized carbons (Fsp3) is 0.316. The molecule has 26 heavy (non-hydrogen) atoms. The molecule has 0 spiro atoms. The lowest BCUT2D eigenvalue weighted by Crippen LogP contribution is -2.50. The maximum atomic E-state index is 12.6.